The summed E-state index contributed by atoms with van der Waals surface area (Å²) in [6, 6.07) is 9.24. The number of rotatable bonds is 10. The van der Waals surface area contributed by atoms with E-state index in [1.54, 1.807) is 24.3 Å². The molecule has 0 radical (unpaired) electrons. The van der Waals surface area contributed by atoms with Crippen molar-refractivity contribution in [1.82, 2.24) is 10.2 Å². The highest BCUT2D eigenvalue weighted by Gasteiger charge is 2.33. The molecule has 0 saturated heterocycles. The van der Waals surface area contributed by atoms with Gasteiger partial charge in [0.25, 0.3) is 0 Å². The van der Waals surface area contributed by atoms with E-state index in [1.165, 1.54) is 17.9 Å². The van der Waals surface area contributed by atoms with E-state index in [0.717, 1.165) is 18.4 Å². The first-order chi connectivity index (χ1) is 16.6. The minimum Gasteiger partial charge on any atom is -0.354 e. The van der Waals surface area contributed by atoms with Gasteiger partial charge in [-0.25, -0.2) is 8.42 Å². The topological polar surface area (TPSA) is 86.8 Å². The Morgan fingerprint density at radius 2 is 1.67 bits per heavy atom. The van der Waals surface area contributed by atoms with E-state index in [9.17, 15) is 31.2 Å². The van der Waals surface area contributed by atoms with Gasteiger partial charge in [-0.1, -0.05) is 43.6 Å². The number of halogens is 4. The molecule has 7 nitrogen and oxygen atoms in total. The lowest BCUT2D eigenvalue weighted by molar-refractivity contribution is -0.139. The van der Waals surface area contributed by atoms with Crippen LogP contribution in [0.3, 0.4) is 0 Å². The number of amides is 2. The maximum atomic E-state index is 13.4. The average molecular weight is 548 g/mol. The third kappa shape index (κ3) is 8.41. The Kier molecular flexibility index (Phi) is 9.78. The monoisotopic (exact) mass is 547 g/mol. The summed E-state index contributed by atoms with van der Waals surface area (Å²) in [4.78, 5) is 27.3. The lowest BCUT2D eigenvalue weighted by Gasteiger charge is -2.31. The van der Waals surface area contributed by atoms with Gasteiger partial charge in [0.05, 0.1) is 17.5 Å². The SMILES string of the molecule is CC(C)CNC(=O)C(C)N(Cc1ccc(Cl)cc1)C(=O)CN(c1cccc(C(F)(F)F)c1)S(C)(=O)=O. The fourth-order valence-electron chi connectivity index (χ4n) is 3.27. The molecule has 1 unspecified atom stereocenters. The molecule has 0 fully saturated rings. The Labute approximate surface area is 214 Å². The molecule has 2 amide bonds. The molecule has 0 aliphatic carbocycles. The fraction of sp³-hybridized carbons (Fsp3) is 0.417. The van der Waals surface area contributed by atoms with E-state index in [1.807, 2.05) is 13.8 Å². The van der Waals surface area contributed by atoms with Crippen molar-refractivity contribution < 1.29 is 31.2 Å². The predicted octanol–water partition coefficient (Wildman–Crippen LogP) is 4.31. The van der Waals surface area contributed by atoms with E-state index in [-0.39, 0.29) is 18.2 Å². The molecule has 0 aliphatic rings. The third-order valence-electron chi connectivity index (χ3n) is 5.26. The lowest BCUT2D eigenvalue weighted by Crippen LogP contribution is -2.51. The van der Waals surface area contributed by atoms with Gasteiger partial charge in [-0.3, -0.25) is 13.9 Å². The van der Waals surface area contributed by atoms with Gasteiger partial charge >= 0.3 is 6.18 Å². The number of anilines is 1. The summed E-state index contributed by atoms with van der Waals surface area (Å²) >= 11 is 5.93. The maximum absolute atomic E-state index is 13.4. The molecule has 0 spiro atoms. The van der Waals surface area contributed by atoms with Crippen LogP contribution >= 0.6 is 11.6 Å². The molecule has 2 aromatic carbocycles. The number of carbonyl (C=O) groups is 2. The predicted molar refractivity (Wildman–Crippen MR) is 133 cm³/mol. The summed E-state index contributed by atoms with van der Waals surface area (Å²) in [5.74, 6) is -1.06. The zero-order valence-electron chi connectivity index (χ0n) is 20.3. The van der Waals surface area contributed by atoms with Gasteiger partial charge in [0, 0.05) is 18.1 Å². The van der Waals surface area contributed by atoms with Crippen molar-refractivity contribution in [2.75, 3.05) is 23.7 Å². The molecule has 2 rings (SSSR count). The highest BCUT2D eigenvalue weighted by molar-refractivity contribution is 7.92. The van der Waals surface area contributed by atoms with Crippen molar-refractivity contribution >= 4 is 39.1 Å². The Balaban J connectivity index is 2.41. The van der Waals surface area contributed by atoms with Crippen molar-refractivity contribution in [1.29, 1.82) is 0 Å². The molecule has 1 atom stereocenters. The Bertz CT molecular complexity index is 1170. The molecule has 0 aliphatic heterocycles. The number of carbonyl (C=O) groups excluding carboxylic acids is 2. The number of benzene rings is 2. The lowest BCUT2D eigenvalue weighted by atomic mass is 10.1. The fourth-order valence-corrected chi connectivity index (χ4v) is 4.24. The molecule has 0 heterocycles. The first-order valence-electron chi connectivity index (χ1n) is 11.1. The largest absolute Gasteiger partial charge is 0.416 e. The molecule has 0 saturated carbocycles. The number of hydrogen-bond donors (Lipinski definition) is 1. The average Bonchev–Trinajstić information content (AvgIpc) is 2.78. The van der Waals surface area contributed by atoms with Crippen LogP contribution in [-0.2, 0) is 32.3 Å². The van der Waals surface area contributed by atoms with Crippen LogP contribution in [0.15, 0.2) is 48.5 Å². The normalized spacial score (nSPS) is 12.8. The second kappa shape index (κ2) is 12.0. The molecular formula is C24H29ClF3N3O4S. The quantitative estimate of drug-likeness (QED) is 0.480. The summed E-state index contributed by atoms with van der Waals surface area (Å²) < 4.78 is 65.3. The van der Waals surface area contributed by atoms with E-state index >= 15 is 0 Å². The summed E-state index contributed by atoms with van der Waals surface area (Å²) in [6.07, 6.45) is -3.91. The molecule has 0 aromatic heterocycles. The van der Waals surface area contributed by atoms with Crippen molar-refractivity contribution in [2.45, 2.75) is 39.5 Å². The van der Waals surface area contributed by atoms with Gasteiger partial charge in [0.2, 0.25) is 21.8 Å². The van der Waals surface area contributed by atoms with Crippen LogP contribution < -0.4 is 9.62 Å². The minimum atomic E-state index is -4.70. The van der Waals surface area contributed by atoms with Crippen LogP contribution in [0.1, 0.15) is 31.9 Å². The van der Waals surface area contributed by atoms with Crippen molar-refractivity contribution in [3.05, 3.63) is 64.7 Å². The van der Waals surface area contributed by atoms with Gasteiger partial charge in [-0.05, 0) is 48.7 Å². The van der Waals surface area contributed by atoms with Crippen LogP contribution in [0.25, 0.3) is 0 Å². The number of sulfonamides is 1. The summed E-state index contributed by atoms with van der Waals surface area (Å²) in [7, 11) is -4.15. The molecule has 2 aromatic rings. The summed E-state index contributed by atoms with van der Waals surface area (Å²) in [5.41, 5.74) is -0.745. The number of nitrogens with zero attached hydrogens (tertiary/aromatic N) is 2. The smallest absolute Gasteiger partial charge is 0.354 e. The Morgan fingerprint density at radius 1 is 1.06 bits per heavy atom. The van der Waals surface area contributed by atoms with E-state index in [0.29, 0.717) is 27.5 Å². The van der Waals surface area contributed by atoms with Gasteiger partial charge in [-0.2, -0.15) is 13.2 Å². The maximum Gasteiger partial charge on any atom is 0.416 e. The highest BCUT2D eigenvalue weighted by atomic mass is 35.5. The molecule has 0 bridgehead atoms. The second-order valence-electron chi connectivity index (χ2n) is 8.78. The number of alkyl halides is 3. The molecule has 198 valence electrons. The molecule has 1 N–H and O–H groups in total. The van der Waals surface area contributed by atoms with Crippen LogP contribution in [-0.4, -0.2) is 50.5 Å². The summed E-state index contributed by atoms with van der Waals surface area (Å²) in [5, 5.41) is 3.21. The first-order valence-corrected chi connectivity index (χ1v) is 13.3. The van der Waals surface area contributed by atoms with Crippen LogP contribution in [0.5, 0.6) is 0 Å². The molecule has 36 heavy (non-hydrogen) atoms. The summed E-state index contributed by atoms with van der Waals surface area (Å²) in [6.45, 7) is 4.83. The van der Waals surface area contributed by atoms with E-state index in [4.69, 9.17) is 11.6 Å². The number of hydrogen-bond acceptors (Lipinski definition) is 4. The van der Waals surface area contributed by atoms with Crippen molar-refractivity contribution in [2.24, 2.45) is 5.92 Å². The van der Waals surface area contributed by atoms with Gasteiger partial charge in [-0.15, -0.1) is 0 Å². The van der Waals surface area contributed by atoms with E-state index in [2.05, 4.69) is 5.32 Å². The zero-order valence-corrected chi connectivity index (χ0v) is 21.9. The van der Waals surface area contributed by atoms with E-state index < -0.39 is 46.2 Å². The van der Waals surface area contributed by atoms with Gasteiger partial charge in [0.1, 0.15) is 12.6 Å². The first kappa shape index (κ1) is 29.4. The highest BCUT2D eigenvalue weighted by Crippen LogP contribution is 2.32. The molecule has 12 heteroatoms. The van der Waals surface area contributed by atoms with Crippen LogP contribution in [0.4, 0.5) is 18.9 Å². The Morgan fingerprint density at radius 3 is 2.19 bits per heavy atom. The van der Waals surface area contributed by atoms with Crippen LogP contribution in [0, 0.1) is 5.92 Å². The van der Waals surface area contributed by atoms with Crippen molar-refractivity contribution in [3.63, 3.8) is 0 Å². The third-order valence-corrected chi connectivity index (χ3v) is 6.65. The number of nitrogens with one attached hydrogen (secondary N) is 1. The zero-order chi connectivity index (χ0) is 27.3. The standard InChI is InChI=1S/C24H29ClF3N3O4S/c1-16(2)13-29-23(33)17(3)30(14-18-8-10-20(25)11-9-18)22(32)15-31(36(4,34)35)21-7-5-6-19(12-21)24(26,27)28/h5-12,16-17H,13-15H2,1-4H3,(H,29,33). The van der Waals surface area contributed by atoms with Gasteiger partial charge < -0.3 is 10.2 Å². The van der Waals surface area contributed by atoms with Crippen molar-refractivity contribution in [3.8, 4) is 0 Å². The van der Waals surface area contributed by atoms with Gasteiger partial charge in [0.15, 0.2) is 0 Å². The minimum absolute atomic E-state index is 0.0491. The van der Waals surface area contributed by atoms with Crippen LogP contribution in [0.2, 0.25) is 5.02 Å². The molecular weight excluding hydrogens is 519 g/mol. The Hall–Kier alpha value is -2.79. The second-order valence-corrected chi connectivity index (χ2v) is 11.1.